The predicted octanol–water partition coefficient (Wildman–Crippen LogP) is -0.918. The number of rotatable bonds is 5. The highest BCUT2D eigenvalue weighted by Gasteiger charge is 2.68. The summed E-state index contributed by atoms with van der Waals surface area (Å²) in [4.78, 5) is 50.6. The molecular formula is C27H36O12. The van der Waals surface area contributed by atoms with Crippen LogP contribution >= 0.6 is 0 Å². The Bertz CT molecular complexity index is 1090. The smallest absolute Gasteiger partial charge is 0.335 e. The van der Waals surface area contributed by atoms with E-state index in [-0.39, 0.29) is 30.5 Å². The fraction of sp³-hybridized carbons (Fsp3) is 0.778. The molecule has 12 atom stereocenters. The van der Waals surface area contributed by atoms with Crippen LogP contribution in [-0.4, -0.2) is 97.6 Å². The van der Waals surface area contributed by atoms with E-state index in [9.17, 15) is 49.8 Å². The summed E-state index contributed by atoms with van der Waals surface area (Å²) in [6, 6.07) is 0. The molecule has 0 aromatic heterocycles. The minimum atomic E-state index is -1.98. The van der Waals surface area contributed by atoms with Crippen LogP contribution in [0.2, 0.25) is 0 Å². The molecule has 5 aliphatic rings. The number of fused-ring (bicyclic) bond motifs is 5. The van der Waals surface area contributed by atoms with Crippen LogP contribution in [0.5, 0.6) is 0 Å². The van der Waals surface area contributed by atoms with Crippen molar-refractivity contribution >= 4 is 23.5 Å². The molecule has 216 valence electrons. The first-order chi connectivity index (χ1) is 18.4. The number of aliphatic hydroxyl groups excluding tert-OH is 5. The average molecular weight is 553 g/mol. The number of allylic oxidation sites excluding steroid dienone is 1. The summed E-state index contributed by atoms with van der Waals surface area (Å²) in [5.74, 6) is -5.06. The maximum atomic E-state index is 14.0. The second kappa shape index (κ2) is 10.0. The highest BCUT2D eigenvalue weighted by molar-refractivity contribution is 5.92. The van der Waals surface area contributed by atoms with Crippen molar-refractivity contribution in [1.29, 1.82) is 0 Å². The summed E-state index contributed by atoms with van der Waals surface area (Å²) in [5, 5.41) is 61.3. The lowest BCUT2D eigenvalue weighted by molar-refractivity contribution is -0.292. The Labute approximate surface area is 224 Å². The predicted molar refractivity (Wildman–Crippen MR) is 128 cm³/mol. The van der Waals surface area contributed by atoms with Gasteiger partial charge in [-0.1, -0.05) is 12.5 Å². The second-order valence-electron chi connectivity index (χ2n) is 12.1. The van der Waals surface area contributed by atoms with Crippen LogP contribution in [0, 0.1) is 34.5 Å². The summed E-state index contributed by atoms with van der Waals surface area (Å²) in [7, 11) is 0. The van der Waals surface area contributed by atoms with E-state index in [2.05, 4.69) is 0 Å². The molecule has 1 saturated heterocycles. The van der Waals surface area contributed by atoms with Crippen molar-refractivity contribution < 1.29 is 59.3 Å². The zero-order valence-electron chi connectivity index (χ0n) is 21.6. The number of Topliss-reactive ketones (excluding diaryl/α,β-unsaturated/α-hetero) is 1. The standard InChI is InChI=1S/C27H36O12/c1-26-7-6-12(29)8-11(26)2-3-13-14-4-5-15(17(31)10-28)27(14,9-16(30)18(13)26)25(37)39-24-21(34)19(32)20(33)22(38-24)23(35)36/h8,13-16,18-22,24,28,30,32-34H,2-7,9-10H2,1H3,(H,35,36)/t13-,14-,15+,16-,18+,19-,20-,21+,22-,24?,26-,27+/m0/s1. The number of aliphatic hydroxyl groups is 5. The van der Waals surface area contributed by atoms with Gasteiger partial charge in [0.15, 0.2) is 17.7 Å². The molecule has 5 rings (SSSR count). The van der Waals surface area contributed by atoms with Crippen LogP contribution in [0.3, 0.4) is 0 Å². The van der Waals surface area contributed by atoms with Crippen molar-refractivity contribution in [2.45, 2.75) is 88.7 Å². The van der Waals surface area contributed by atoms with Gasteiger partial charge in [-0.05, 0) is 67.8 Å². The Morgan fingerprint density at radius 1 is 1.05 bits per heavy atom. The van der Waals surface area contributed by atoms with E-state index in [4.69, 9.17) is 9.47 Å². The number of esters is 1. The van der Waals surface area contributed by atoms with Gasteiger partial charge in [-0.25, -0.2) is 4.79 Å². The van der Waals surface area contributed by atoms with Gasteiger partial charge in [0.1, 0.15) is 24.9 Å². The van der Waals surface area contributed by atoms with Gasteiger partial charge in [0.25, 0.3) is 0 Å². The van der Waals surface area contributed by atoms with Gasteiger partial charge in [0, 0.05) is 12.3 Å². The molecule has 0 aromatic carbocycles. The van der Waals surface area contributed by atoms with E-state index in [1.807, 2.05) is 6.92 Å². The van der Waals surface area contributed by atoms with Crippen LogP contribution in [0.4, 0.5) is 0 Å². The van der Waals surface area contributed by atoms with Crippen molar-refractivity contribution in [3.8, 4) is 0 Å². The minimum absolute atomic E-state index is 0.0524. The first kappa shape index (κ1) is 28.3. The number of carbonyl (C=O) groups excluding carboxylic acids is 3. The van der Waals surface area contributed by atoms with E-state index >= 15 is 0 Å². The van der Waals surface area contributed by atoms with E-state index in [0.29, 0.717) is 32.1 Å². The quantitative estimate of drug-likeness (QED) is 0.229. The molecule has 0 spiro atoms. The zero-order valence-corrected chi connectivity index (χ0v) is 21.6. The fourth-order valence-corrected chi connectivity index (χ4v) is 8.63. The first-order valence-corrected chi connectivity index (χ1v) is 13.6. The summed E-state index contributed by atoms with van der Waals surface area (Å²) in [5.41, 5.74) is -1.05. The van der Waals surface area contributed by atoms with Crippen molar-refractivity contribution in [1.82, 2.24) is 0 Å². The lowest BCUT2D eigenvalue weighted by Crippen LogP contribution is -2.63. The van der Waals surface area contributed by atoms with Crippen LogP contribution < -0.4 is 0 Å². The Kier molecular flexibility index (Phi) is 7.26. The van der Waals surface area contributed by atoms with Crippen LogP contribution in [0.25, 0.3) is 0 Å². The van der Waals surface area contributed by atoms with Crippen molar-refractivity contribution in [2.24, 2.45) is 34.5 Å². The number of ketones is 2. The molecule has 39 heavy (non-hydrogen) atoms. The minimum Gasteiger partial charge on any atom is -0.479 e. The summed E-state index contributed by atoms with van der Waals surface area (Å²) in [6.45, 7) is 1.21. The zero-order chi connectivity index (χ0) is 28.4. The third-order valence-corrected chi connectivity index (χ3v) is 10.4. The van der Waals surface area contributed by atoms with Crippen LogP contribution in [0.15, 0.2) is 11.6 Å². The molecule has 1 aliphatic heterocycles. The van der Waals surface area contributed by atoms with E-state index < -0.39 is 83.8 Å². The lowest BCUT2D eigenvalue weighted by Gasteiger charge is -2.59. The molecule has 12 heteroatoms. The van der Waals surface area contributed by atoms with Gasteiger partial charge in [-0.15, -0.1) is 0 Å². The first-order valence-electron chi connectivity index (χ1n) is 13.6. The molecule has 4 fully saturated rings. The second-order valence-corrected chi connectivity index (χ2v) is 12.1. The van der Waals surface area contributed by atoms with Gasteiger partial charge in [0.05, 0.1) is 11.5 Å². The molecule has 0 aromatic rings. The maximum Gasteiger partial charge on any atom is 0.335 e. The number of carboxylic acid groups (broad SMARTS) is 1. The molecule has 3 saturated carbocycles. The molecule has 0 amide bonds. The topological polar surface area (TPSA) is 208 Å². The summed E-state index contributed by atoms with van der Waals surface area (Å²) >= 11 is 0. The van der Waals surface area contributed by atoms with Gasteiger partial charge in [-0.2, -0.15) is 0 Å². The van der Waals surface area contributed by atoms with Crippen LogP contribution in [0.1, 0.15) is 51.9 Å². The van der Waals surface area contributed by atoms with E-state index in [1.54, 1.807) is 6.08 Å². The Balaban J connectivity index is 1.50. The number of hydrogen-bond acceptors (Lipinski definition) is 11. The molecular weight excluding hydrogens is 516 g/mol. The lowest BCUT2D eigenvalue weighted by atomic mass is 9.45. The van der Waals surface area contributed by atoms with Crippen molar-refractivity contribution in [3.05, 3.63) is 11.6 Å². The number of ether oxygens (including phenoxy) is 2. The molecule has 6 N–H and O–H groups in total. The SMILES string of the molecule is C[C@]12CCC(=O)C=C1CC[C@@H]1[C@@H]2[C@@H](O)C[C@]2(C(=O)OC3O[C@H](C(=O)O)[C@@H](O)[C@H](O)[C@H]3O)[C@@H](C(=O)CO)CC[C@@H]12. The highest BCUT2D eigenvalue weighted by Crippen LogP contribution is 2.67. The van der Waals surface area contributed by atoms with Gasteiger partial charge >= 0.3 is 11.9 Å². The highest BCUT2D eigenvalue weighted by atomic mass is 16.7. The number of carboxylic acids is 1. The Hall–Kier alpha value is -2.22. The summed E-state index contributed by atoms with van der Waals surface area (Å²) < 4.78 is 10.7. The number of aliphatic carboxylic acids is 1. The molecule has 12 nitrogen and oxygen atoms in total. The average Bonchev–Trinajstić information content (AvgIpc) is 3.28. The van der Waals surface area contributed by atoms with Crippen molar-refractivity contribution in [2.75, 3.05) is 6.61 Å². The van der Waals surface area contributed by atoms with Crippen LogP contribution in [-0.2, 0) is 28.7 Å². The third kappa shape index (κ3) is 4.18. The monoisotopic (exact) mass is 552 g/mol. The largest absolute Gasteiger partial charge is 0.479 e. The van der Waals surface area contributed by atoms with Gasteiger partial charge in [-0.3, -0.25) is 14.4 Å². The van der Waals surface area contributed by atoms with E-state index in [0.717, 1.165) is 5.57 Å². The fourth-order valence-electron chi connectivity index (χ4n) is 8.63. The Morgan fingerprint density at radius 2 is 1.77 bits per heavy atom. The third-order valence-electron chi connectivity index (χ3n) is 10.4. The van der Waals surface area contributed by atoms with Gasteiger partial charge < -0.3 is 40.1 Å². The molecule has 1 unspecified atom stereocenters. The molecule has 4 aliphatic carbocycles. The number of carbonyl (C=O) groups is 4. The molecule has 1 heterocycles. The van der Waals surface area contributed by atoms with Crippen molar-refractivity contribution in [3.63, 3.8) is 0 Å². The van der Waals surface area contributed by atoms with E-state index in [1.165, 1.54) is 0 Å². The normalized spacial score (nSPS) is 47.3. The van der Waals surface area contributed by atoms with Gasteiger partial charge in [0.2, 0.25) is 6.29 Å². The molecule has 0 bridgehead atoms. The molecule has 0 radical (unpaired) electrons. The maximum absolute atomic E-state index is 14.0. The Morgan fingerprint density at radius 3 is 2.44 bits per heavy atom. The summed E-state index contributed by atoms with van der Waals surface area (Å²) in [6.07, 6.45) is -6.58. The number of hydrogen-bond donors (Lipinski definition) is 6.